The molecular formula is C13H16N4. The van der Waals surface area contributed by atoms with Crippen molar-refractivity contribution >= 4 is 0 Å². The molecule has 0 saturated carbocycles. The normalized spacial score (nSPS) is 15.2. The number of para-hydroxylation sites is 1. The average molecular weight is 228 g/mol. The Labute approximate surface area is 101 Å². The summed E-state index contributed by atoms with van der Waals surface area (Å²) >= 11 is 0. The van der Waals surface area contributed by atoms with Gasteiger partial charge in [0.1, 0.15) is 0 Å². The molecule has 2 aromatic rings. The van der Waals surface area contributed by atoms with Gasteiger partial charge in [0.15, 0.2) is 0 Å². The number of benzene rings is 1. The van der Waals surface area contributed by atoms with Crippen LogP contribution in [0.5, 0.6) is 0 Å². The molecule has 4 nitrogen and oxygen atoms in total. The van der Waals surface area contributed by atoms with Crippen LogP contribution >= 0.6 is 0 Å². The van der Waals surface area contributed by atoms with Crippen LogP contribution in [0.2, 0.25) is 0 Å². The van der Waals surface area contributed by atoms with Gasteiger partial charge in [-0.3, -0.25) is 4.90 Å². The zero-order chi connectivity index (χ0) is 11.8. The zero-order valence-electron chi connectivity index (χ0n) is 9.93. The van der Waals surface area contributed by atoms with Gasteiger partial charge in [-0.25, -0.2) is 4.68 Å². The van der Waals surface area contributed by atoms with Crippen LogP contribution in [0, 0.1) is 0 Å². The third-order valence-electron chi connectivity index (χ3n) is 3.21. The molecule has 1 aromatic heterocycles. The minimum atomic E-state index is 0.533. The molecule has 1 aliphatic rings. The SMILES string of the molecule is CN1Cc2nn(-c3ccccc3)c(CN)c2C1. The molecule has 3 rings (SSSR count). The Morgan fingerprint density at radius 2 is 2.00 bits per heavy atom. The van der Waals surface area contributed by atoms with Crippen LogP contribution in [0.3, 0.4) is 0 Å². The van der Waals surface area contributed by atoms with Gasteiger partial charge in [0.05, 0.1) is 17.1 Å². The monoisotopic (exact) mass is 228 g/mol. The molecule has 0 saturated heterocycles. The molecule has 0 radical (unpaired) electrons. The summed E-state index contributed by atoms with van der Waals surface area (Å²) in [6, 6.07) is 10.2. The molecule has 0 spiro atoms. The van der Waals surface area contributed by atoms with Crippen molar-refractivity contribution in [3.63, 3.8) is 0 Å². The molecule has 4 heteroatoms. The minimum absolute atomic E-state index is 0.533. The maximum absolute atomic E-state index is 5.87. The Morgan fingerprint density at radius 3 is 2.71 bits per heavy atom. The molecular weight excluding hydrogens is 212 g/mol. The number of nitrogens with zero attached hydrogens (tertiary/aromatic N) is 3. The van der Waals surface area contributed by atoms with Crippen LogP contribution in [0.1, 0.15) is 17.0 Å². The third-order valence-corrected chi connectivity index (χ3v) is 3.21. The lowest BCUT2D eigenvalue weighted by Crippen LogP contribution is -2.14. The van der Waals surface area contributed by atoms with Crippen molar-refractivity contribution in [2.75, 3.05) is 7.05 Å². The predicted molar refractivity (Wildman–Crippen MR) is 66.6 cm³/mol. The molecule has 0 fully saturated rings. The summed E-state index contributed by atoms with van der Waals surface area (Å²) in [6.45, 7) is 2.40. The van der Waals surface area contributed by atoms with Crippen molar-refractivity contribution in [1.29, 1.82) is 0 Å². The second-order valence-electron chi connectivity index (χ2n) is 4.50. The maximum Gasteiger partial charge on any atom is 0.0817 e. The summed E-state index contributed by atoms with van der Waals surface area (Å²) in [5, 5.41) is 4.68. The van der Waals surface area contributed by atoms with Gasteiger partial charge >= 0.3 is 0 Å². The fraction of sp³-hybridized carbons (Fsp3) is 0.308. The topological polar surface area (TPSA) is 47.1 Å². The second kappa shape index (κ2) is 3.98. The first kappa shape index (κ1) is 10.5. The summed E-state index contributed by atoms with van der Waals surface area (Å²) in [4.78, 5) is 2.26. The van der Waals surface area contributed by atoms with E-state index in [2.05, 4.69) is 29.2 Å². The van der Waals surface area contributed by atoms with Crippen molar-refractivity contribution in [3.8, 4) is 5.69 Å². The van der Waals surface area contributed by atoms with E-state index in [0.29, 0.717) is 6.54 Å². The summed E-state index contributed by atoms with van der Waals surface area (Å²) in [7, 11) is 2.11. The number of rotatable bonds is 2. The first-order chi connectivity index (χ1) is 8.29. The first-order valence-electron chi connectivity index (χ1n) is 5.83. The van der Waals surface area contributed by atoms with E-state index in [-0.39, 0.29) is 0 Å². The number of nitrogens with two attached hydrogens (primary N) is 1. The first-order valence-corrected chi connectivity index (χ1v) is 5.83. The van der Waals surface area contributed by atoms with Crippen molar-refractivity contribution in [3.05, 3.63) is 47.3 Å². The van der Waals surface area contributed by atoms with Gasteiger partial charge in [0, 0.05) is 25.2 Å². The molecule has 17 heavy (non-hydrogen) atoms. The van der Waals surface area contributed by atoms with Crippen LogP contribution in [0.4, 0.5) is 0 Å². The van der Waals surface area contributed by atoms with E-state index in [1.165, 1.54) is 5.56 Å². The highest BCUT2D eigenvalue weighted by molar-refractivity contribution is 5.39. The molecule has 2 heterocycles. The van der Waals surface area contributed by atoms with Gasteiger partial charge in [0.2, 0.25) is 0 Å². The van der Waals surface area contributed by atoms with Crippen molar-refractivity contribution in [2.45, 2.75) is 19.6 Å². The average Bonchev–Trinajstić information content (AvgIpc) is 2.85. The number of hydrogen-bond acceptors (Lipinski definition) is 3. The van der Waals surface area contributed by atoms with Crippen LogP contribution in [-0.4, -0.2) is 21.7 Å². The van der Waals surface area contributed by atoms with Gasteiger partial charge < -0.3 is 5.73 Å². The van der Waals surface area contributed by atoms with E-state index in [1.54, 1.807) is 0 Å². The fourth-order valence-corrected chi connectivity index (χ4v) is 2.42. The van der Waals surface area contributed by atoms with Crippen molar-refractivity contribution < 1.29 is 0 Å². The van der Waals surface area contributed by atoms with Gasteiger partial charge in [-0.1, -0.05) is 18.2 Å². The fourth-order valence-electron chi connectivity index (χ4n) is 2.42. The highest BCUT2D eigenvalue weighted by Crippen LogP contribution is 2.26. The smallest absolute Gasteiger partial charge is 0.0817 e. The Morgan fingerprint density at radius 1 is 1.24 bits per heavy atom. The third kappa shape index (κ3) is 1.66. The molecule has 0 unspecified atom stereocenters. The number of hydrogen-bond donors (Lipinski definition) is 1. The highest BCUT2D eigenvalue weighted by Gasteiger charge is 2.24. The van der Waals surface area contributed by atoms with Gasteiger partial charge in [0.25, 0.3) is 0 Å². The van der Waals surface area contributed by atoms with E-state index in [4.69, 9.17) is 5.73 Å². The lowest BCUT2D eigenvalue weighted by atomic mass is 10.2. The maximum atomic E-state index is 5.87. The molecule has 0 aliphatic carbocycles. The Balaban J connectivity index is 2.11. The Hall–Kier alpha value is -1.65. The number of fused-ring (bicyclic) bond motifs is 1. The van der Waals surface area contributed by atoms with Crippen LogP contribution in [-0.2, 0) is 19.6 Å². The molecule has 1 aliphatic heterocycles. The van der Waals surface area contributed by atoms with E-state index in [0.717, 1.165) is 30.2 Å². The van der Waals surface area contributed by atoms with Crippen molar-refractivity contribution in [2.24, 2.45) is 5.73 Å². The second-order valence-corrected chi connectivity index (χ2v) is 4.50. The van der Waals surface area contributed by atoms with Gasteiger partial charge in [-0.05, 0) is 19.2 Å². The summed E-state index contributed by atoms with van der Waals surface area (Å²) in [5.74, 6) is 0. The lowest BCUT2D eigenvalue weighted by Gasteiger charge is -2.10. The standard InChI is InChI=1S/C13H16N4/c1-16-8-11-12(9-16)15-17(13(11)7-14)10-5-3-2-4-6-10/h2-6H,7-9,14H2,1H3. The van der Waals surface area contributed by atoms with E-state index >= 15 is 0 Å². The molecule has 1 aromatic carbocycles. The summed E-state index contributed by atoms with van der Waals surface area (Å²) in [5.41, 5.74) is 10.6. The molecule has 0 amide bonds. The predicted octanol–water partition coefficient (Wildman–Crippen LogP) is 1.28. The largest absolute Gasteiger partial charge is 0.325 e. The molecule has 0 bridgehead atoms. The van der Waals surface area contributed by atoms with Crippen molar-refractivity contribution in [1.82, 2.24) is 14.7 Å². The lowest BCUT2D eigenvalue weighted by molar-refractivity contribution is 0.346. The van der Waals surface area contributed by atoms with Gasteiger partial charge in [-0.15, -0.1) is 0 Å². The van der Waals surface area contributed by atoms with Gasteiger partial charge in [-0.2, -0.15) is 5.10 Å². The van der Waals surface area contributed by atoms with E-state index in [9.17, 15) is 0 Å². The summed E-state index contributed by atoms with van der Waals surface area (Å²) < 4.78 is 1.98. The van der Waals surface area contributed by atoms with Crippen LogP contribution in [0.15, 0.2) is 30.3 Å². The van der Waals surface area contributed by atoms with E-state index < -0.39 is 0 Å². The zero-order valence-corrected chi connectivity index (χ0v) is 9.93. The van der Waals surface area contributed by atoms with E-state index in [1.807, 2.05) is 22.9 Å². The number of aromatic nitrogens is 2. The minimum Gasteiger partial charge on any atom is -0.325 e. The van der Waals surface area contributed by atoms with Crippen LogP contribution < -0.4 is 5.73 Å². The molecule has 2 N–H and O–H groups in total. The highest BCUT2D eigenvalue weighted by atomic mass is 15.3. The Bertz CT molecular complexity index is 530. The van der Waals surface area contributed by atoms with Crippen LogP contribution in [0.25, 0.3) is 5.69 Å². The molecule has 0 atom stereocenters. The summed E-state index contributed by atoms with van der Waals surface area (Å²) in [6.07, 6.45) is 0. The molecule has 88 valence electrons. The quantitative estimate of drug-likeness (QED) is 0.842. The Kier molecular flexibility index (Phi) is 2.46.